The number of hydrogen-bond acceptors (Lipinski definition) is 0. The molecule has 0 saturated heterocycles. The molecule has 0 aliphatic rings. The van der Waals surface area contributed by atoms with Crippen LogP contribution < -0.4 is 0 Å². The molecule has 0 heterocycles. The van der Waals surface area contributed by atoms with Crippen molar-refractivity contribution in [1.82, 2.24) is 0 Å². The van der Waals surface area contributed by atoms with Crippen LogP contribution in [0.3, 0.4) is 0 Å². The predicted octanol–water partition coefficient (Wildman–Crippen LogP) is 5.12. The highest BCUT2D eigenvalue weighted by Gasteiger charge is 2.04. The number of fused-ring (bicyclic) bond motifs is 1. The highest BCUT2D eigenvalue weighted by molar-refractivity contribution is 5.97. The molecule has 0 radical (unpaired) electrons. The molecule has 0 aliphatic carbocycles. The summed E-state index contributed by atoms with van der Waals surface area (Å²) >= 11 is 0. The molecule has 0 amide bonds. The molecule has 0 aromatic heterocycles. The van der Waals surface area contributed by atoms with Crippen LogP contribution in [0.25, 0.3) is 21.9 Å². The summed E-state index contributed by atoms with van der Waals surface area (Å²) in [4.78, 5) is 0. The van der Waals surface area contributed by atoms with Gasteiger partial charge in [-0.25, -0.2) is 0 Å². The van der Waals surface area contributed by atoms with Gasteiger partial charge < -0.3 is 0 Å². The van der Waals surface area contributed by atoms with E-state index in [9.17, 15) is 0 Å². The molecule has 3 aromatic carbocycles. The fraction of sp³-hybridized carbons (Fsp3) is 0.111. The van der Waals surface area contributed by atoms with Crippen molar-refractivity contribution in [3.63, 3.8) is 0 Å². The molecular formula is C18H16. The third kappa shape index (κ3) is 1.91. The van der Waals surface area contributed by atoms with E-state index in [0.717, 1.165) is 0 Å². The lowest BCUT2D eigenvalue weighted by atomic mass is 9.95. The van der Waals surface area contributed by atoms with E-state index in [-0.39, 0.29) is 0 Å². The zero-order chi connectivity index (χ0) is 12.5. The van der Waals surface area contributed by atoms with Crippen molar-refractivity contribution in [2.24, 2.45) is 0 Å². The Morgan fingerprint density at radius 2 is 1.39 bits per heavy atom. The SMILES string of the molecule is Cc1ccc(-c2cc(C)cc3ccccc23)cc1. The maximum Gasteiger partial charge on any atom is -0.0103 e. The fourth-order valence-corrected chi connectivity index (χ4v) is 2.43. The largest absolute Gasteiger partial charge is 0.0616 e. The number of rotatable bonds is 1. The average molecular weight is 232 g/mol. The van der Waals surface area contributed by atoms with Crippen molar-refractivity contribution >= 4 is 10.8 Å². The monoisotopic (exact) mass is 232 g/mol. The Labute approximate surface area is 108 Å². The number of benzene rings is 3. The van der Waals surface area contributed by atoms with Gasteiger partial charge in [-0.2, -0.15) is 0 Å². The van der Waals surface area contributed by atoms with Crippen molar-refractivity contribution in [2.75, 3.05) is 0 Å². The molecule has 0 spiro atoms. The van der Waals surface area contributed by atoms with Gasteiger partial charge in [0.05, 0.1) is 0 Å². The summed E-state index contributed by atoms with van der Waals surface area (Å²) in [6.45, 7) is 4.28. The summed E-state index contributed by atoms with van der Waals surface area (Å²) in [7, 11) is 0. The lowest BCUT2D eigenvalue weighted by molar-refractivity contribution is 1.46. The quantitative estimate of drug-likeness (QED) is 0.546. The average Bonchev–Trinajstić information content (AvgIpc) is 2.38. The molecule has 0 saturated carbocycles. The van der Waals surface area contributed by atoms with Crippen LogP contribution in [0.4, 0.5) is 0 Å². The van der Waals surface area contributed by atoms with Crippen LogP contribution in [0, 0.1) is 13.8 Å². The first kappa shape index (κ1) is 11.0. The summed E-state index contributed by atoms with van der Waals surface area (Å²) in [5.74, 6) is 0. The van der Waals surface area contributed by atoms with Gasteiger partial charge in [0.2, 0.25) is 0 Å². The summed E-state index contributed by atoms with van der Waals surface area (Å²) in [5.41, 5.74) is 5.23. The van der Waals surface area contributed by atoms with Crippen molar-refractivity contribution in [3.8, 4) is 11.1 Å². The molecule has 3 aromatic rings. The first-order valence-corrected chi connectivity index (χ1v) is 6.30. The van der Waals surface area contributed by atoms with E-state index in [1.165, 1.54) is 33.0 Å². The van der Waals surface area contributed by atoms with Crippen molar-refractivity contribution in [2.45, 2.75) is 13.8 Å². The lowest BCUT2D eigenvalue weighted by Gasteiger charge is -2.09. The first-order valence-electron chi connectivity index (χ1n) is 6.30. The topological polar surface area (TPSA) is 0 Å². The van der Waals surface area contributed by atoms with E-state index in [4.69, 9.17) is 0 Å². The minimum Gasteiger partial charge on any atom is -0.0616 e. The summed E-state index contributed by atoms with van der Waals surface area (Å²) in [5, 5.41) is 2.64. The lowest BCUT2D eigenvalue weighted by Crippen LogP contribution is -1.84. The van der Waals surface area contributed by atoms with Gasteiger partial charge >= 0.3 is 0 Å². The molecule has 0 nitrogen and oxygen atoms in total. The van der Waals surface area contributed by atoms with E-state index in [1.54, 1.807) is 0 Å². The van der Waals surface area contributed by atoms with Crippen LogP contribution >= 0.6 is 0 Å². The van der Waals surface area contributed by atoms with Crippen molar-refractivity contribution in [1.29, 1.82) is 0 Å². The normalized spacial score (nSPS) is 10.8. The van der Waals surface area contributed by atoms with Crippen molar-refractivity contribution < 1.29 is 0 Å². The molecule has 0 fully saturated rings. The van der Waals surface area contributed by atoms with Gasteiger partial charge in [-0.05, 0) is 41.3 Å². The Hall–Kier alpha value is -2.08. The number of aryl methyl sites for hydroxylation is 2. The van der Waals surface area contributed by atoms with Crippen LogP contribution in [0.5, 0.6) is 0 Å². The number of hydrogen-bond donors (Lipinski definition) is 0. The zero-order valence-corrected chi connectivity index (χ0v) is 10.8. The Morgan fingerprint density at radius 3 is 2.17 bits per heavy atom. The Kier molecular flexibility index (Phi) is 2.64. The Morgan fingerprint density at radius 1 is 0.667 bits per heavy atom. The molecule has 0 heteroatoms. The van der Waals surface area contributed by atoms with E-state index < -0.39 is 0 Å². The third-order valence-corrected chi connectivity index (χ3v) is 3.37. The summed E-state index contributed by atoms with van der Waals surface area (Å²) in [6, 6.07) is 21.9. The minimum atomic E-state index is 1.29. The van der Waals surface area contributed by atoms with Gasteiger partial charge in [0.1, 0.15) is 0 Å². The van der Waals surface area contributed by atoms with E-state index in [2.05, 4.69) is 74.5 Å². The van der Waals surface area contributed by atoms with Crippen LogP contribution in [0.15, 0.2) is 60.7 Å². The fourth-order valence-electron chi connectivity index (χ4n) is 2.43. The van der Waals surface area contributed by atoms with E-state index in [1.807, 2.05) is 0 Å². The van der Waals surface area contributed by atoms with Gasteiger partial charge in [0, 0.05) is 0 Å². The van der Waals surface area contributed by atoms with Gasteiger partial charge in [0.15, 0.2) is 0 Å². The molecule has 18 heavy (non-hydrogen) atoms. The molecule has 0 N–H and O–H groups in total. The Balaban J connectivity index is 2.31. The second-order valence-electron chi connectivity index (χ2n) is 4.90. The van der Waals surface area contributed by atoms with Gasteiger partial charge in [0.25, 0.3) is 0 Å². The summed E-state index contributed by atoms with van der Waals surface area (Å²) < 4.78 is 0. The molecule has 0 bridgehead atoms. The third-order valence-electron chi connectivity index (χ3n) is 3.37. The van der Waals surface area contributed by atoms with E-state index in [0.29, 0.717) is 0 Å². The van der Waals surface area contributed by atoms with Crippen LogP contribution in [-0.2, 0) is 0 Å². The van der Waals surface area contributed by atoms with Crippen molar-refractivity contribution in [3.05, 3.63) is 71.8 Å². The van der Waals surface area contributed by atoms with Crippen LogP contribution in [0.2, 0.25) is 0 Å². The second kappa shape index (κ2) is 4.30. The first-order chi connectivity index (χ1) is 8.74. The second-order valence-corrected chi connectivity index (χ2v) is 4.90. The van der Waals surface area contributed by atoms with Crippen LogP contribution in [-0.4, -0.2) is 0 Å². The molecule has 3 rings (SSSR count). The molecule has 0 aliphatic heterocycles. The van der Waals surface area contributed by atoms with Gasteiger partial charge in [-0.1, -0.05) is 66.2 Å². The van der Waals surface area contributed by atoms with Gasteiger partial charge in [-0.15, -0.1) is 0 Å². The smallest absolute Gasteiger partial charge is 0.0103 e. The highest BCUT2D eigenvalue weighted by Crippen LogP contribution is 2.30. The standard InChI is InChI=1S/C18H16/c1-13-7-9-15(10-8-13)18-12-14(2)11-16-5-3-4-6-17(16)18/h3-12H,1-2H3. The molecule has 0 atom stereocenters. The van der Waals surface area contributed by atoms with E-state index >= 15 is 0 Å². The van der Waals surface area contributed by atoms with Crippen LogP contribution in [0.1, 0.15) is 11.1 Å². The molecular weight excluding hydrogens is 216 g/mol. The molecule has 0 unspecified atom stereocenters. The highest BCUT2D eigenvalue weighted by atomic mass is 14.1. The van der Waals surface area contributed by atoms with Gasteiger partial charge in [-0.3, -0.25) is 0 Å². The Bertz CT molecular complexity index is 691. The molecule has 88 valence electrons. The summed E-state index contributed by atoms with van der Waals surface area (Å²) in [6.07, 6.45) is 0. The maximum absolute atomic E-state index is 2.27. The predicted molar refractivity (Wildman–Crippen MR) is 78.9 cm³/mol. The zero-order valence-electron chi connectivity index (χ0n) is 10.8. The maximum atomic E-state index is 2.27. The minimum absolute atomic E-state index is 1.29.